The van der Waals surface area contributed by atoms with Crippen molar-refractivity contribution in [2.24, 2.45) is 0 Å². The molecule has 0 heterocycles. The van der Waals surface area contributed by atoms with E-state index in [1.54, 1.807) is 6.07 Å². The zero-order valence-electron chi connectivity index (χ0n) is 11.6. The van der Waals surface area contributed by atoms with E-state index in [1.165, 1.54) is 17.7 Å². The van der Waals surface area contributed by atoms with Crippen LogP contribution < -0.4 is 5.32 Å². The molecular formula is C16H15N3O2. The lowest BCUT2D eigenvalue weighted by atomic mass is 10.0. The summed E-state index contributed by atoms with van der Waals surface area (Å²) in [4.78, 5) is 10.2. The minimum absolute atomic E-state index is 0.0757. The van der Waals surface area contributed by atoms with Crippen molar-refractivity contribution < 1.29 is 4.92 Å². The average molecular weight is 281 g/mol. The number of nitro benzene ring substituents is 1. The van der Waals surface area contributed by atoms with Crippen LogP contribution in [0.1, 0.15) is 24.0 Å². The van der Waals surface area contributed by atoms with Gasteiger partial charge in [-0.25, -0.2) is 0 Å². The first-order valence-electron chi connectivity index (χ1n) is 6.59. The van der Waals surface area contributed by atoms with Crippen LogP contribution in [0.3, 0.4) is 0 Å². The summed E-state index contributed by atoms with van der Waals surface area (Å²) in [5, 5.41) is 23.0. The van der Waals surface area contributed by atoms with Crippen molar-refractivity contribution in [3.63, 3.8) is 0 Å². The van der Waals surface area contributed by atoms with Gasteiger partial charge in [-0.2, -0.15) is 5.26 Å². The van der Waals surface area contributed by atoms with E-state index in [4.69, 9.17) is 5.26 Å². The molecule has 2 rings (SSSR count). The van der Waals surface area contributed by atoms with Gasteiger partial charge in [-0.1, -0.05) is 37.3 Å². The first-order chi connectivity index (χ1) is 10.1. The Morgan fingerprint density at radius 3 is 2.62 bits per heavy atom. The lowest BCUT2D eigenvalue weighted by molar-refractivity contribution is -0.384. The number of benzene rings is 2. The molecule has 5 nitrogen and oxygen atoms in total. The van der Waals surface area contributed by atoms with Crippen molar-refractivity contribution in [1.82, 2.24) is 0 Å². The highest BCUT2D eigenvalue weighted by Crippen LogP contribution is 2.23. The predicted octanol–water partition coefficient (Wildman–Crippen LogP) is 3.68. The van der Waals surface area contributed by atoms with Crippen LogP contribution in [0.2, 0.25) is 0 Å². The molecule has 21 heavy (non-hydrogen) atoms. The maximum absolute atomic E-state index is 10.7. The zero-order chi connectivity index (χ0) is 15.2. The number of nitrogens with one attached hydrogen (secondary N) is 1. The second-order valence-corrected chi connectivity index (χ2v) is 4.79. The Morgan fingerprint density at radius 2 is 2.00 bits per heavy atom. The van der Waals surface area contributed by atoms with Crippen LogP contribution in [0.5, 0.6) is 0 Å². The molecule has 0 aliphatic rings. The number of rotatable bonds is 5. The van der Waals surface area contributed by atoms with Gasteiger partial charge in [-0.15, -0.1) is 0 Å². The molecule has 106 valence electrons. The van der Waals surface area contributed by atoms with E-state index < -0.39 is 4.92 Å². The first-order valence-corrected chi connectivity index (χ1v) is 6.59. The summed E-state index contributed by atoms with van der Waals surface area (Å²) in [6, 6.07) is 16.3. The Labute approximate surface area is 123 Å². The van der Waals surface area contributed by atoms with Gasteiger partial charge in [0.15, 0.2) is 0 Å². The summed E-state index contributed by atoms with van der Waals surface area (Å²) in [5.74, 6) is 0.271. The molecule has 0 spiro atoms. The third-order valence-corrected chi connectivity index (χ3v) is 3.30. The molecule has 0 aromatic heterocycles. The topological polar surface area (TPSA) is 79.0 Å². The predicted molar refractivity (Wildman–Crippen MR) is 81.2 cm³/mol. The average Bonchev–Trinajstić information content (AvgIpc) is 2.53. The lowest BCUT2D eigenvalue weighted by Crippen LogP contribution is -2.10. The quantitative estimate of drug-likeness (QED) is 0.669. The van der Waals surface area contributed by atoms with Crippen LogP contribution in [-0.4, -0.2) is 11.5 Å². The Hall–Kier alpha value is -2.87. The van der Waals surface area contributed by atoms with E-state index in [-0.39, 0.29) is 17.2 Å². The van der Waals surface area contributed by atoms with Gasteiger partial charge in [0.2, 0.25) is 0 Å². The number of nitro groups is 1. The van der Waals surface area contributed by atoms with E-state index in [1.807, 2.05) is 36.4 Å². The Kier molecular flexibility index (Phi) is 4.52. The van der Waals surface area contributed by atoms with Gasteiger partial charge in [0.05, 0.1) is 16.2 Å². The molecule has 0 radical (unpaired) electrons. The standard InChI is InChI=1S/C16H15N3O2/c1-12(13-5-3-2-4-6-13)11-18-16-8-7-15(19(20)21)9-14(16)10-17/h2-9,12,18H,11H2,1H3. The maximum atomic E-state index is 10.7. The molecule has 2 aromatic carbocycles. The summed E-state index contributed by atoms with van der Waals surface area (Å²) in [7, 11) is 0. The van der Waals surface area contributed by atoms with Crippen molar-refractivity contribution in [1.29, 1.82) is 5.26 Å². The van der Waals surface area contributed by atoms with E-state index in [2.05, 4.69) is 12.2 Å². The van der Waals surface area contributed by atoms with Crippen LogP contribution in [0.25, 0.3) is 0 Å². The molecule has 5 heteroatoms. The van der Waals surface area contributed by atoms with Crippen LogP contribution in [0, 0.1) is 21.4 Å². The molecule has 2 aromatic rings. The summed E-state index contributed by atoms with van der Waals surface area (Å²) < 4.78 is 0. The van der Waals surface area contributed by atoms with Crippen LogP contribution in [0.4, 0.5) is 11.4 Å². The number of nitriles is 1. The molecule has 0 fully saturated rings. The molecule has 1 atom stereocenters. The second kappa shape index (κ2) is 6.53. The third-order valence-electron chi connectivity index (χ3n) is 3.30. The number of anilines is 1. The van der Waals surface area contributed by atoms with Crippen LogP contribution in [-0.2, 0) is 0 Å². The minimum atomic E-state index is -0.503. The summed E-state index contributed by atoms with van der Waals surface area (Å²) in [5.41, 5.74) is 2.02. The number of hydrogen-bond acceptors (Lipinski definition) is 4. The van der Waals surface area contributed by atoms with E-state index >= 15 is 0 Å². The van der Waals surface area contributed by atoms with Gasteiger partial charge in [-0.05, 0) is 17.5 Å². The molecule has 0 saturated heterocycles. The molecule has 1 unspecified atom stereocenters. The third kappa shape index (κ3) is 3.57. The van der Waals surface area contributed by atoms with E-state index in [0.29, 0.717) is 12.2 Å². The van der Waals surface area contributed by atoms with E-state index in [0.717, 1.165) is 0 Å². The largest absolute Gasteiger partial charge is 0.383 e. The monoisotopic (exact) mass is 281 g/mol. The fourth-order valence-electron chi connectivity index (χ4n) is 2.05. The number of non-ortho nitro benzene ring substituents is 1. The molecule has 0 aliphatic carbocycles. The Morgan fingerprint density at radius 1 is 1.29 bits per heavy atom. The van der Waals surface area contributed by atoms with Crippen molar-refractivity contribution in [3.05, 3.63) is 69.8 Å². The first kappa shape index (κ1) is 14.5. The minimum Gasteiger partial charge on any atom is -0.383 e. The Bertz CT molecular complexity index is 678. The summed E-state index contributed by atoms with van der Waals surface area (Å²) in [6.45, 7) is 2.73. The van der Waals surface area contributed by atoms with Gasteiger partial charge < -0.3 is 5.32 Å². The highest BCUT2D eigenvalue weighted by Gasteiger charge is 2.11. The molecule has 0 saturated carbocycles. The van der Waals surface area contributed by atoms with Crippen molar-refractivity contribution in [3.8, 4) is 6.07 Å². The fourth-order valence-corrected chi connectivity index (χ4v) is 2.05. The highest BCUT2D eigenvalue weighted by atomic mass is 16.6. The number of hydrogen-bond donors (Lipinski definition) is 1. The molecular weight excluding hydrogens is 266 g/mol. The smallest absolute Gasteiger partial charge is 0.270 e. The van der Waals surface area contributed by atoms with Gasteiger partial charge in [-0.3, -0.25) is 10.1 Å². The van der Waals surface area contributed by atoms with Crippen molar-refractivity contribution in [2.75, 3.05) is 11.9 Å². The zero-order valence-corrected chi connectivity index (χ0v) is 11.6. The van der Waals surface area contributed by atoms with Gasteiger partial charge in [0.1, 0.15) is 6.07 Å². The maximum Gasteiger partial charge on any atom is 0.270 e. The SMILES string of the molecule is CC(CNc1ccc([N+](=O)[O-])cc1C#N)c1ccccc1. The van der Waals surface area contributed by atoms with Crippen molar-refractivity contribution >= 4 is 11.4 Å². The van der Waals surface area contributed by atoms with E-state index in [9.17, 15) is 10.1 Å². The molecule has 1 N–H and O–H groups in total. The molecule has 0 amide bonds. The Balaban J connectivity index is 2.10. The highest BCUT2D eigenvalue weighted by molar-refractivity contribution is 5.61. The van der Waals surface area contributed by atoms with Gasteiger partial charge in [0, 0.05) is 18.7 Å². The van der Waals surface area contributed by atoms with Gasteiger partial charge >= 0.3 is 0 Å². The normalized spacial score (nSPS) is 11.4. The lowest BCUT2D eigenvalue weighted by Gasteiger charge is -2.14. The molecule has 0 aliphatic heterocycles. The van der Waals surface area contributed by atoms with Crippen LogP contribution in [0.15, 0.2) is 48.5 Å². The second-order valence-electron chi connectivity index (χ2n) is 4.79. The number of nitrogens with zero attached hydrogens (tertiary/aromatic N) is 2. The molecule has 0 bridgehead atoms. The van der Waals surface area contributed by atoms with Crippen LogP contribution >= 0.6 is 0 Å². The van der Waals surface area contributed by atoms with Gasteiger partial charge in [0.25, 0.3) is 5.69 Å². The summed E-state index contributed by atoms with van der Waals surface area (Å²) >= 11 is 0. The summed E-state index contributed by atoms with van der Waals surface area (Å²) in [6.07, 6.45) is 0. The van der Waals surface area contributed by atoms with Crippen molar-refractivity contribution in [2.45, 2.75) is 12.8 Å². The fraction of sp³-hybridized carbons (Fsp3) is 0.188.